The smallest absolute Gasteiger partial charge is 0.328 e. The van der Waals surface area contributed by atoms with Crippen LogP contribution < -0.4 is 0 Å². The number of carboxylic acids is 1. The van der Waals surface area contributed by atoms with Gasteiger partial charge < -0.3 is 9.84 Å². The van der Waals surface area contributed by atoms with E-state index < -0.39 is 28.6 Å². The van der Waals surface area contributed by atoms with Crippen molar-refractivity contribution in [2.24, 2.45) is 5.92 Å². The number of carbonyl (C=O) groups excluding carboxylic acids is 1. The van der Waals surface area contributed by atoms with E-state index in [4.69, 9.17) is 16.3 Å². The van der Waals surface area contributed by atoms with Crippen molar-refractivity contribution in [1.82, 2.24) is 4.90 Å². The molecule has 1 saturated heterocycles. The number of halogens is 1. The Balaban J connectivity index is 2.02. The number of nitro benzene ring substituents is 1. The number of benzene rings is 1. The second kappa shape index (κ2) is 6.85. The van der Waals surface area contributed by atoms with Crippen molar-refractivity contribution in [2.75, 3.05) is 6.61 Å². The lowest BCUT2D eigenvalue weighted by Crippen LogP contribution is -2.55. The lowest BCUT2D eigenvalue weighted by molar-refractivity contribution is -0.384. The van der Waals surface area contributed by atoms with Crippen LogP contribution in [0.2, 0.25) is 5.02 Å². The van der Waals surface area contributed by atoms with Gasteiger partial charge in [0.15, 0.2) is 6.04 Å². The molecule has 1 spiro atoms. The minimum absolute atomic E-state index is 0.0379. The van der Waals surface area contributed by atoms with E-state index in [-0.39, 0.29) is 22.9 Å². The third-order valence-corrected chi connectivity index (χ3v) is 5.54. The van der Waals surface area contributed by atoms with Crippen LogP contribution >= 0.6 is 11.6 Å². The highest BCUT2D eigenvalue weighted by Crippen LogP contribution is 2.43. The number of aliphatic carboxylic acids is 1. The van der Waals surface area contributed by atoms with Crippen LogP contribution in [0, 0.1) is 16.0 Å². The molecule has 1 aliphatic carbocycles. The lowest BCUT2D eigenvalue weighted by atomic mass is 9.83. The highest BCUT2D eigenvalue weighted by molar-refractivity contribution is 6.34. The fraction of sp³-hybridized carbons (Fsp3) is 0.529. The van der Waals surface area contributed by atoms with Crippen molar-refractivity contribution < 1.29 is 24.4 Å². The molecular formula is C17H19ClN2O6. The van der Waals surface area contributed by atoms with Crippen LogP contribution in [0.4, 0.5) is 5.69 Å². The summed E-state index contributed by atoms with van der Waals surface area (Å²) in [6.45, 7) is 1.99. The van der Waals surface area contributed by atoms with E-state index in [1.807, 2.05) is 0 Å². The minimum Gasteiger partial charge on any atom is -0.480 e. The van der Waals surface area contributed by atoms with Gasteiger partial charge in [0, 0.05) is 12.1 Å². The van der Waals surface area contributed by atoms with E-state index in [9.17, 15) is 24.8 Å². The number of hydrogen-bond acceptors (Lipinski definition) is 5. The Hall–Kier alpha value is -2.19. The largest absolute Gasteiger partial charge is 0.480 e. The molecule has 8 nitrogen and oxygen atoms in total. The van der Waals surface area contributed by atoms with E-state index in [0.717, 1.165) is 18.9 Å². The summed E-state index contributed by atoms with van der Waals surface area (Å²) < 4.78 is 5.82. The predicted molar refractivity (Wildman–Crippen MR) is 92.0 cm³/mol. The van der Waals surface area contributed by atoms with Crippen LogP contribution in [-0.2, 0) is 9.53 Å². The maximum atomic E-state index is 13.2. The highest BCUT2D eigenvalue weighted by atomic mass is 35.5. The fourth-order valence-corrected chi connectivity index (χ4v) is 3.89. The van der Waals surface area contributed by atoms with Crippen LogP contribution in [0.25, 0.3) is 0 Å². The van der Waals surface area contributed by atoms with Gasteiger partial charge in [0.1, 0.15) is 5.72 Å². The average Bonchev–Trinajstić information content (AvgIpc) is 2.96. The summed E-state index contributed by atoms with van der Waals surface area (Å²) in [5.41, 5.74) is -1.37. The number of carbonyl (C=O) groups is 2. The molecule has 0 bridgehead atoms. The zero-order valence-electron chi connectivity index (χ0n) is 14.2. The highest BCUT2D eigenvalue weighted by Gasteiger charge is 2.54. The number of rotatable bonds is 3. The molecule has 1 N–H and O–H groups in total. The van der Waals surface area contributed by atoms with Gasteiger partial charge in [0.25, 0.3) is 11.6 Å². The van der Waals surface area contributed by atoms with Crippen molar-refractivity contribution in [3.8, 4) is 0 Å². The summed E-state index contributed by atoms with van der Waals surface area (Å²) in [6, 6.07) is 2.41. The van der Waals surface area contributed by atoms with Gasteiger partial charge in [0.05, 0.1) is 22.1 Å². The first kappa shape index (κ1) is 18.6. The fourth-order valence-electron chi connectivity index (χ4n) is 3.69. The van der Waals surface area contributed by atoms with Crippen LogP contribution in [0.1, 0.15) is 43.0 Å². The first-order valence-corrected chi connectivity index (χ1v) is 8.77. The molecule has 2 fully saturated rings. The molecule has 0 radical (unpaired) electrons. The Kier molecular flexibility index (Phi) is 4.90. The first-order chi connectivity index (χ1) is 12.2. The van der Waals surface area contributed by atoms with Crippen molar-refractivity contribution in [2.45, 2.75) is 44.4 Å². The summed E-state index contributed by atoms with van der Waals surface area (Å²) in [5, 5.41) is 20.6. The molecule has 1 aromatic carbocycles. The topological polar surface area (TPSA) is 110 Å². The maximum Gasteiger partial charge on any atom is 0.328 e. The molecule has 1 atom stereocenters. The molecule has 26 heavy (non-hydrogen) atoms. The zero-order valence-corrected chi connectivity index (χ0v) is 14.9. The number of ether oxygens (including phenoxy) is 1. The predicted octanol–water partition coefficient (Wildman–Crippen LogP) is 3.08. The second-order valence-electron chi connectivity index (χ2n) is 6.89. The molecule has 1 unspecified atom stereocenters. The third-order valence-electron chi connectivity index (χ3n) is 5.21. The summed E-state index contributed by atoms with van der Waals surface area (Å²) in [6.07, 6.45) is 2.66. The standard InChI is InChI=1S/C17H19ClN2O6/c1-10-4-6-17(7-5-10)19(14(9-26-17)16(22)23)15(21)12-8-11(20(24)25)2-3-13(12)18/h2-3,8,10,14H,4-7,9H2,1H3,(H,22,23). The Bertz CT molecular complexity index is 760. The zero-order chi connectivity index (χ0) is 19.1. The maximum absolute atomic E-state index is 13.2. The van der Waals surface area contributed by atoms with Gasteiger partial charge in [-0.15, -0.1) is 0 Å². The van der Waals surface area contributed by atoms with E-state index >= 15 is 0 Å². The Labute approximate surface area is 154 Å². The van der Waals surface area contributed by atoms with Crippen LogP contribution in [0.3, 0.4) is 0 Å². The quantitative estimate of drug-likeness (QED) is 0.635. The average molecular weight is 383 g/mol. The summed E-state index contributed by atoms with van der Waals surface area (Å²) in [7, 11) is 0. The van der Waals surface area contributed by atoms with Gasteiger partial charge in [-0.25, -0.2) is 4.79 Å². The Morgan fingerprint density at radius 3 is 2.62 bits per heavy atom. The number of hydrogen-bond donors (Lipinski definition) is 1. The molecular weight excluding hydrogens is 364 g/mol. The van der Waals surface area contributed by atoms with Crippen molar-refractivity contribution in [3.05, 3.63) is 38.9 Å². The molecule has 2 aliphatic rings. The number of carboxylic acid groups (broad SMARTS) is 1. The first-order valence-electron chi connectivity index (χ1n) is 8.39. The van der Waals surface area contributed by atoms with Gasteiger partial charge in [-0.2, -0.15) is 0 Å². The third kappa shape index (κ3) is 3.14. The van der Waals surface area contributed by atoms with Gasteiger partial charge in [0.2, 0.25) is 0 Å². The van der Waals surface area contributed by atoms with Crippen molar-refractivity contribution in [1.29, 1.82) is 0 Å². The van der Waals surface area contributed by atoms with E-state index in [1.165, 1.54) is 17.0 Å². The van der Waals surface area contributed by atoms with Crippen molar-refractivity contribution >= 4 is 29.2 Å². The number of non-ortho nitro benzene ring substituents is 1. The minimum atomic E-state index is -1.17. The van der Waals surface area contributed by atoms with E-state index in [0.29, 0.717) is 18.8 Å². The van der Waals surface area contributed by atoms with Gasteiger partial charge in [-0.1, -0.05) is 18.5 Å². The molecule has 1 aliphatic heterocycles. The van der Waals surface area contributed by atoms with Gasteiger partial charge >= 0.3 is 5.97 Å². The van der Waals surface area contributed by atoms with E-state index in [2.05, 4.69) is 6.92 Å². The van der Waals surface area contributed by atoms with Crippen LogP contribution in [0.5, 0.6) is 0 Å². The Morgan fingerprint density at radius 2 is 2.04 bits per heavy atom. The van der Waals surface area contributed by atoms with Crippen molar-refractivity contribution in [3.63, 3.8) is 0 Å². The van der Waals surface area contributed by atoms with Crippen LogP contribution in [-0.4, -0.2) is 45.2 Å². The molecule has 1 heterocycles. The number of nitro groups is 1. The summed E-state index contributed by atoms with van der Waals surface area (Å²) in [4.78, 5) is 36.5. The molecule has 140 valence electrons. The van der Waals surface area contributed by atoms with E-state index in [1.54, 1.807) is 0 Å². The number of amides is 1. The number of nitrogens with zero attached hydrogens (tertiary/aromatic N) is 2. The molecule has 1 saturated carbocycles. The van der Waals surface area contributed by atoms with Crippen LogP contribution in [0.15, 0.2) is 18.2 Å². The summed E-state index contributed by atoms with van der Waals surface area (Å²) >= 11 is 6.09. The van der Waals surface area contributed by atoms with Gasteiger partial charge in [-0.05, 0) is 37.7 Å². The van der Waals surface area contributed by atoms with Gasteiger partial charge in [-0.3, -0.25) is 19.8 Å². The molecule has 1 amide bonds. The lowest BCUT2D eigenvalue weighted by Gasteiger charge is -2.42. The molecule has 1 aromatic rings. The normalized spacial score (nSPS) is 28.3. The molecule has 3 rings (SSSR count). The summed E-state index contributed by atoms with van der Waals surface area (Å²) in [5.74, 6) is -1.36. The molecule has 0 aromatic heterocycles. The monoisotopic (exact) mass is 382 g/mol. The second-order valence-corrected chi connectivity index (χ2v) is 7.30. The Morgan fingerprint density at radius 1 is 1.38 bits per heavy atom. The molecule has 9 heteroatoms. The SMILES string of the molecule is CC1CCC2(CC1)OCC(C(=O)O)N2C(=O)c1cc([N+](=O)[O-])ccc1Cl.